The Labute approximate surface area is 143 Å². The highest BCUT2D eigenvalue weighted by atomic mass is 35.5. The summed E-state index contributed by atoms with van der Waals surface area (Å²) in [6.07, 6.45) is 1.83. The van der Waals surface area contributed by atoms with Gasteiger partial charge in [-0.25, -0.2) is 9.48 Å². The Morgan fingerprint density at radius 1 is 1.42 bits per heavy atom. The number of amides is 1. The number of aromatic carboxylic acids is 1. The standard InChI is InChI=1S/C15H17ClN4O4/c1-10-7-11(16)3-4-13(10)24-6-2-5-17-14(21)9-20-8-12(15(22)23)18-19-20/h3-4,7-8H,2,5-6,9H2,1H3,(H,17,21)(H,22,23). The van der Waals surface area contributed by atoms with Gasteiger partial charge in [-0.2, -0.15) is 0 Å². The van der Waals surface area contributed by atoms with Crippen molar-refractivity contribution < 1.29 is 19.4 Å². The molecular formula is C15H17ClN4O4. The average Bonchev–Trinajstić information content (AvgIpc) is 2.97. The van der Waals surface area contributed by atoms with Gasteiger partial charge >= 0.3 is 5.97 Å². The number of hydrogen-bond donors (Lipinski definition) is 2. The summed E-state index contributed by atoms with van der Waals surface area (Å²) in [6.45, 7) is 2.71. The largest absolute Gasteiger partial charge is 0.493 e. The summed E-state index contributed by atoms with van der Waals surface area (Å²) in [5.74, 6) is -0.703. The van der Waals surface area contributed by atoms with Gasteiger partial charge in [-0.05, 0) is 37.1 Å². The Balaban J connectivity index is 1.66. The van der Waals surface area contributed by atoms with Gasteiger partial charge in [0.1, 0.15) is 12.3 Å². The average molecular weight is 353 g/mol. The number of carbonyl (C=O) groups is 2. The second-order valence-corrected chi connectivity index (χ2v) is 5.50. The highest BCUT2D eigenvalue weighted by Gasteiger charge is 2.10. The molecule has 8 nitrogen and oxygen atoms in total. The van der Waals surface area contributed by atoms with E-state index in [4.69, 9.17) is 21.4 Å². The normalized spacial score (nSPS) is 10.4. The third kappa shape index (κ3) is 5.24. The second-order valence-electron chi connectivity index (χ2n) is 5.07. The molecule has 0 atom stereocenters. The van der Waals surface area contributed by atoms with E-state index in [1.54, 1.807) is 12.1 Å². The minimum atomic E-state index is -1.18. The zero-order chi connectivity index (χ0) is 17.5. The lowest BCUT2D eigenvalue weighted by Crippen LogP contribution is -2.29. The smallest absolute Gasteiger partial charge is 0.358 e. The second kappa shape index (κ2) is 8.30. The molecule has 0 saturated heterocycles. The van der Waals surface area contributed by atoms with Crippen LogP contribution in [-0.4, -0.2) is 45.1 Å². The van der Waals surface area contributed by atoms with E-state index in [0.29, 0.717) is 24.6 Å². The van der Waals surface area contributed by atoms with E-state index in [-0.39, 0.29) is 18.1 Å². The highest BCUT2D eigenvalue weighted by Crippen LogP contribution is 2.21. The number of hydrogen-bond acceptors (Lipinski definition) is 5. The first-order valence-corrected chi connectivity index (χ1v) is 7.62. The van der Waals surface area contributed by atoms with Crippen molar-refractivity contribution in [1.82, 2.24) is 20.3 Å². The minimum Gasteiger partial charge on any atom is -0.493 e. The molecule has 0 fully saturated rings. The molecule has 0 aliphatic heterocycles. The summed E-state index contributed by atoms with van der Waals surface area (Å²) in [7, 11) is 0. The molecule has 0 aliphatic carbocycles. The zero-order valence-electron chi connectivity index (χ0n) is 13.0. The van der Waals surface area contributed by atoms with Crippen LogP contribution in [0.3, 0.4) is 0 Å². The molecule has 2 rings (SSSR count). The molecule has 1 heterocycles. The molecule has 0 saturated carbocycles. The van der Waals surface area contributed by atoms with Crippen LogP contribution in [0.15, 0.2) is 24.4 Å². The summed E-state index contributed by atoms with van der Waals surface area (Å²) in [5, 5.41) is 19.1. The monoisotopic (exact) mass is 352 g/mol. The van der Waals surface area contributed by atoms with Crippen LogP contribution in [0.5, 0.6) is 5.75 Å². The third-order valence-corrected chi connectivity index (χ3v) is 3.34. The predicted molar refractivity (Wildman–Crippen MR) is 86.3 cm³/mol. The van der Waals surface area contributed by atoms with Crippen molar-refractivity contribution in [3.8, 4) is 5.75 Å². The number of carboxylic acid groups (broad SMARTS) is 1. The van der Waals surface area contributed by atoms with Gasteiger partial charge in [0, 0.05) is 11.6 Å². The van der Waals surface area contributed by atoms with Crippen LogP contribution in [0.25, 0.3) is 0 Å². The number of carboxylic acids is 1. The van der Waals surface area contributed by atoms with Crippen molar-refractivity contribution in [2.24, 2.45) is 0 Å². The summed E-state index contributed by atoms with van der Waals surface area (Å²) < 4.78 is 6.79. The lowest BCUT2D eigenvalue weighted by atomic mass is 10.2. The fourth-order valence-corrected chi connectivity index (χ4v) is 2.16. The van der Waals surface area contributed by atoms with Gasteiger partial charge in [-0.15, -0.1) is 5.10 Å². The number of halogens is 1. The first kappa shape index (κ1) is 17.7. The van der Waals surface area contributed by atoms with Crippen LogP contribution in [0.4, 0.5) is 0 Å². The molecule has 2 N–H and O–H groups in total. The van der Waals surface area contributed by atoms with Gasteiger partial charge in [0.2, 0.25) is 5.91 Å². The highest BCUT2D eigenvalue weighted by molar-refractivity contribution is 6.30. The summed E-state index contributed by atoms with van der Waals surface area (Å²) in [6, 6.07) is 5.39. The van der Waals surface area contributed by atoms with E-state index in [9.17, 15) is 9.59 Å². The molecule has 0 bridgehead atoms. The van der Waals surface area contributed by atoms with E-state index in [0.717, 1.165) is 11.3 Å². The van der Waals surface area contributed by atoms with Crippen molar-refractivity contribution in [2.45, 2.75) is 19.9 Å². The topological polar surface area (TPSA) is 106 Å². The Hall–Kier alpha value is -2.61. The molecule has 2 aromatic rings. The molecule has 9 heteroatoms. The van der Waals surface area contributed by atoms with Crippen LogP contribution in [0.2, 0.25) is 5.02 Å². The lowest BCUT2D eigenvalue weighted by molar-refractivity contribution is -0.121. The quantitative estimate of drug-likeness (QED) is 0.698. The number of ether oxygens (including phenoxy) is 1. The number of benzene rings is 1. The molecule has 0 aliphatic rings. The summed E-state index contributed by atoms with van der Waals surface area (Å²) in [4.78, 5) is 22.4. The molecule has 0 spiro atoms. The lowest BCUT2D eigenvalue weighted by Gasteiger charge is -2.10. The number of nitrogens with one attached hydrogen (secondary N) is 1. The number of nitrogens with zero attached hydrogens (tertiary/aromatic N) is 3. The van der Waals surface area contributed by atoms with E-state index < -0.39 is 5.97 Å². The van der Waals surface area contributed by atoms with Gasteiger partial charge in [0.05, 0.1) is 12.8 Å². The van der Waals surface area contributed by atoms with Crippen molar-refractivity contribution in [3.63, 3.8) is 0 Å². The first-order valence-electron chi connectivity index (χ1n) is 7.25. The molecule has 24 heavy (non-hydrogen) atoms. The van der Waals surface area contributed by atoms with Crippen LogP contribution >= 0.6 is 11.6 Å². The maximum Gasteiger partial charge on any atom is 0.358 e. The van der Waals surface area contributed by atoms with Gasteiger partial charge in [0.25, 0.3) is 0 Å². The number of rotatable bonds is 8. The van der Waals surface area contributed by atoms with Crippen molar-refractivity contribution >= 4 is 23.5 Å². The van der Waals surface area contributed by atoms with Crippen LogP contribution in [0, 0.1) is 6.92 Å². The van der Waals surface area contributed by atoms with Crippen LogP contribution < -0.4 is 10.1 Å². The Bertz CT molecular complexity index is 732. The van der Waals surface area contributed by atoms with E-state index in [1.165, 1.54) is 10.9 Å². The van der Waals surface area contributed by atoms with Gasteiger partial charge in [-0.3, -0.25) is 4.79 Å². The number of aryl methyl sites for hydroxylation is 1. The molecule has 128 valence electrons. The predicted octanol–water partition coefficient (Wildman–Crippen LogP) is 1.52. The van der Waals surface area contributed by atoms with E-state index in [1.807, 2.05) is 13.0 Å². The Morgan fingerprint density at radius 2 is 2.21 bits per heavy atom. The summed E-state index contributed by atoms with van der Waals surface area (Å²) in [5.41, 5.74) is 0.751. The van der Waals surface area contributed by atoms with E-state index in [2.05, 4.69) is 15.6 Å². The molecule has 1 aromatic heterocycles. The Morgan fingerprint density at radius 3 is 2.88 bits per heavy atom. The van der Waals surface area contributed by atoms with Crippen molar-refractivity contribution in [2.75, 3.05) is 13.2 Å². The SMILES string of the molecule is Cc1cc(Cl)ccc1OCCCNC(=O)Cn1cc(C(=O)O)nn1. The van der Waals surface area contributed by atoms with Gasteiger partial charge in [-0.1, -0.05) is 16.8 Å². The maximum absolute atomic E-state index is 11.7. The maximum atomic E-state index is 11.7. The molecule has 1 amide bonds. The summed E-state index contributed by atoms with van der Waals surface area (Å²) >= 11 is 5.87. The van der Waals surface area contributed by atoms with Crippen LogP contribution in [-0.2, 0) is 11.3 Å². The Kier molecular flexibility index (Phi) is 6.14. The number of carbonyl (C=O) groups excluding carboxylic acids is 1. The molecule has 1 aromatic carbocycles. The molecular weight excluding hydrogens is 336 g/mol. The molecule has 0 unspecified atom stereocenters. The van der Waals surface area contributed by atoms with Crippen molar-refractivity contribution in [1.29, 1.82) is 0 Å². The van der Waals surface area contributed by atoms with Crippen molar-refractivity contribution in [3.05, 3.63) is 40.7 Å². The third-order valence-electron chi connectivity index (χ3n) is 3.10. The fourth-order valence-electron chi connectivity index (χ4n) is 1.93. The number of aromatic nitrogens is 3. The minimum absolute atomic E-state index is 0.0859. The van der Waals surface area contributed by atoms with E-state index >= 15 is 0 Å². The van der Waals surface area contributed by atoms with Crippen LogP contribution in [0.1, 0.15) is 22.5 Å². The molecule has 0 radical (unpaired) electrons. The zero-order valence-corrected chi connectivity index (χ0v) is 13.8. The van der Waals surface area contributed by atoms with Gasteiger partial charge in [0.15, 0.2) is 5.69 Å². The fraction of sp³-hybridized carbons (Fsp3) is 0.333. The first-order chi connectivity index (χ1) is 11.5. The van der Waals surface area contributed by atoms with Gasteiger partial charge < -0.3 is 15.2 Å².